The molecule has 0 saturated heterocycles. The number of carbonyl (C=O) groups excluding carboxylic acids is 3. The van der Waals surface area contributed by atoms with Crippen LogP contribution in [0.15, 0.2) is 32.6 Å². The minimum atomic E-state index is -3.65. The Morgan fingerprint density at radius 3 is 2.47 bits per heavy atom. The lowest BCUT2D eigenvalue weighted by Gasteiger charge is -2.21. The summed E-state index contributed by atoms with van der Waals surface area (Å²) in [4.78, 5) is 37.4. The number of nitrogens with zero attached hydrogens (tertiary/aromatic N) is 4. The van der Waals surface area contributed by atoms with E-state index in [2.05, 4.69) is 15.5 Å². The molecule has 0 aromatic heterocycles. The van der Waals surface area contributed by atoms with Gasteiger partial charge in [-0.05, 0) is 25.5 Å². The van der Waals surface area contributed by atoms with Gasteiger partial charge in [-0.3, -0.25) is 14.4 Å². The highest BCUT2D eigenvalue weighted by atomic mass is 35.5. The maximum atomic E-state index is 13.0. The molecule has 3 rings (SSSR count). The summed E-state index contributed by atoms with van der Waals surface area (Å²) >= 11 is 7.71. The number of hydrogen-bond acceptors (Lipinski definition) is 9. The summed E-state index contributed by atoms with van der Waals surface area (Å²) in [5.41, 5.74) is 0.181. The van der Waals surface area contributed by atoms with Crippen molar-refractivity contribution in [3.05, 3.63) is 28.3 Å². The number of halogens is 1. The smallest absolute Gasteiger partial charge is 0.251 e. The zero-order valence-electron chi connectivity index (χ0n) is 16.4. The highest BCUT2D eigenvalue weighted by Gasteiger charge is 2.38. The molecule has 2 aliphatic rings. The third kappa shape index (κ3) is 4.39. The standard InChI is InChI=1S/C18H20ClN4O5S2/c1-3-23(10-20-21-22-23)29-9-12-15(30(2,27)28)8-7-11(17(12)19)18(26)16-13(24)5-4-6-14(16)25/h7-8,10,16H,3-6,9H2,1-2H3/q+1. The molecule has 0 N–H and O–H groups in total. The zero-order chi connectivity index (χ0) is 22.1. The van der Waals surface area contributed by atoms with Gasteiger partial charge in [0, 0.05) is 35.4 Å². The van der Waals surface area contributed by atoms with Crippen molar-refractivity contribution in [2.24, 2.45) is 21.5 Å². The largest absolute Gasteiger partial charge is 0.298 e. The van der Waals surface area contributed by atoms with E-state index in [4.69, 9.17) is 11.6 Å². The topological polar surface area (TPSA) is 122 Å². The molecule has 1 fully saturated rings. The SMILES string of the molecule is CC[N+]1(SCc2c(S(C)(=O)=O)ccc(C(=O)C3C(=O)CCCC3=O)c2Cl)C=NN=N1. The van der Waals surface area contributed by atoms with Gasteiger partial charge < -0.3 is 0 Å². The third-order valence-electron chi connectivity index (χ3n) is 4.98. The molecule has 0 bridgehead atoms. The van der Waals surface area contributed by atoms with Crippen molar-refractivity contribution in [3.8, 4) is 0 Å². The first kappa shape index (κ1) is 22.7. The van der Waals surface area contributed by atoms with Crippen molar-refractivity contribution in [2.45, 2.75) is 36.8 Å². The van der Waals surface area contributed by atoms with Gasteiger partial charge in [0.05, 0.1) is 20.9 Å². The predicted octanol–water partition coefficient (Wildman–Crippen LogP) is 3.17. The van der Waals surface area contributed by atoms with Crippen LogP contribution < -0.4 is 0 Å². The Morgan fingerprint density at radius 1 is 1.27 bits per heavy atom. The van der Waals surface area contributed by atoms with E-state index < -0.39 is 33.1 Å². The van der Waals surface area contributed by atoms with Crippen LogP contribution in [0, 0.1) is 5.92 Å². The molecule has 160 valence electrons. The molecule has 1 aromatic rings. The number of sulfone groups is 1. The molecule has 12 heteroatoms. The predicted molar refractivity (Wildman–Crippen MR) is 112 cm³/mol. The first-order valence-electron chi connectivity index (χ1n) is 9.20. The molecule has 1 saturated carbocycles. The summed E-state index contributed by atoms with van der Waals surface area (Å²) < 4.78 is 24.6. The minimum absolute atomic E-state index is 0.0166. The third-order valence-corrected chi connectivity index (χ3v) is 7.88. The molecule has 0 spiro atoms. The second kappa shape index (κ2) is 8.66. The summed E-state index contributed by atoms with van der Waals surface area (Å²) in [5, 5.41) is 11.3. The van der Waals surface area contributed by atoms with E-state index in [1.165, 1.54) is 30.4 Å². The van der Waals surface area contributed by atoms with Crippen LogP contribution in [0.2, 0.25) is 5.02 Å². The van der Waals surface area contributed by atoms with Crippen molar-refractivity contribution < 1.29 is 26.8 Å². The highest BCUT2D eigenvalue weighted by Crippen LogP contribution is 2.37. The minimum Gasteiger partial charge on any atom is -0.298 e. The fourth-order valence-electron chi connectivity index (χ4n) is 3.32. The van der Waals surface area contributed by atoms with Gasteiger partial charge in [-0.1, -0.05) is 20.7 Å². The number of benzene rings is 1. The summed E-state index contributed by atoms with van der Waals surface area (Å²) in [7, 11) is -3.65. The molecular weight excluding hydrogens is 452 g/mol. The second-order valence-electron chi connectivity index (χ2n) is 7.01. The average Bonchev–Trinajstić information content (AvgIpc) is 3.15. The Kier molecular flexibility index (Phi) is 6.56. The Balaban J connectivity index is 2.03. The van der Waals surface area contributed by atoms with Crippen molar-refractivity contribution in [3.63, 3.8) is 0 Å². The highest BCUT2D eigenvalue weighted by molar-refractivity contribution is 7.93. The summed E-state index contributed by atoms with van der Waals surface area (Å²) in [6, 6.07) is 2.56. The van der Waals surface area contributed by atoms with Gasteiger partial charge in [0.1, 0.15) is 24.4 Å². The van der Waals surface area contributed by atoms with Crippen LogP contribution in [0.3, 0.4) is 0 Å². The first-order chi connectivity index (χ1) is 14.1. The number of hydrogen-bond donors (Lipinski definition) is 0. The van der Waals surface area contributed by atoms with Crippen molar-refractivity contribution in [2.75, 3.05) is 12.8 Å². The van der Waals surface area contributed by atoms with Gasteiger partial charge >= 0.3 is 0 Å². The van der Waals surface area contributed by atoms with E-state index in [1.807, 2.05) is 6.92 Å². The van der Waals surface area contributed by atoms with E-state index in [-0.39, 0.29) is 43.6 Å². The summed E-state index contributed by atoms with van der Waals surface area (Å²) in [5.74, 6) is -2.84. The number of ketones is 3. The van der Waals surface area contributed by atoms with Gasteiger partial charge in [0.15, 0.2) is 27.2 Å². The van der Waals surface area contributed by atoms with Crippen molar-refractivity contribution in [1.29, 1.82) is 0 Å². The number of carbonyl (C=O) groups is 3. The lowest BCUT2D eigenvalue weighted by atomic mass is 9.81. The molecule has 1 unspecified atom stereocenters. The second-order valence-corrected chi connectivity index (χ2v) is 10.6. The van der Waals surface area contributed by atoms with E-state index in [9.17, 15) is 22.8 Å². The molecule has 1 atom stereocenters. The Labute approximate surface area is 183 Å². The van der Waals surface area contributed by atoms with E-state index in [0.717, 1.165) is 6.26 Å². The summed E-state index contributed by atoms with van der Waals surface area (Å²) in [6.45, 7) is 2.37. The number of rotatable bonds is 7. The lowest BCUT2D eigenvalue weighted by Crippen LogP contribution is -2.35. The molecule has 9 nitrogen and oxygen atoms in total. The zero-order valence-corrected chi connectivity index (χ0v) is 18.8. The number of quaternary nitrogens is 1. The quantitative estimate of drug-likeness (QED) is 0.260. The molecule has 0 amide bonds. The van der Waals surface area contributed by atoms with Crippen LogP contribution in [0.1, 0.15) is 42.1 Å². The van der Waals surface area contributed by atoms with Gasteiger partial charge in [-0.25, -0.2) is 8.42 Å². The van der Waals surface area contributed by atoms with Crippen LogP contribution in [0.25, 0.3) is 0 Å². The van der Waals surface area contributed by atoms with Crippen LogP contribution in [-0.4, -0.2) is 48.9 Å². The first-order valence-corrected chi connectivity index (χ1v) is 12.4. The maximum absolute atomic E-state index is 13.0. The number of Topliss-reactive ketones (excluding diaryl/α,β-unsaturated/α-hetero) is 3. The van der Waals surface area contributed by atoms with E-state index in [0.29, 0.717) is 13.0 Å². The van der Waals surface area contributed by atoms with Gasteiger partial charge in [-0.15, -0.1) is 0 Å². The van der Waals surface area contributed by atoms with Crippen LogP contribution in [0.4, 0.5) is 0 Å². The molecule has 1 aliphatic carbocycles. The molecule has 1 heterocycles. The monoisotopic (exact) mass is 471 g/mol. The maximum Gasteiger partial charge on any atom is 0.251 e. The van der Waals surface area contributed by atoms with Crippen LogP contribution >= 0.6 is 23.5 Å². The van der Waals surface area contributed by atoms with Crippen molar-refractivity contribution in [1.82, 2.24) is 0 Å². The normalized spacial score (nSPS) is 22.1. The fourth-order valence-corrected chi connectivity index (χ4v) is 5.83. The average molecular weight is 472 g/mol. The summed E-state index contributed by atoms with van der Waals surface area (Å²) in [6.07, 6.45) is 3.30. The van der Waals surface area contributed by atoms with E-state index in [1.54, 1.807) is 0 Å². The molecule has 0 radical (unpaired) electrons. The molecule has 1 aliphatic heterocycles. The lowest BCUT2D eigenvalue weighted by molar-refractivity contribution is -0.697. The van der Waals surface area contributed by atoms with Gasteiger partial charge in [0.25, 0.3) is 6.34 Å². The Bertz CT molecular complexity index is 1060. The Morgan fingerprint density at radius 2 is 1.93 bits per heavy atom. The van der Waals surface area contributed by atoms with Crippen molar-refractivity contribution >= 4 is 57.1 Å². The molecule has 1 aromatic carbocycles. The Hall–Kier alpha value is -1.95. The molecular formula is C18H20ClN4O5S2+. The molecule has 30 heavy (non-hydrogen) atoms. The van der Waals surface area contributed by atoms with Gasteiger partial charge in [-0.2, -0.15) is 0 Å². The fraction of sp³-hybridized carbons (Fsp3) is 0.444. The van der Waals surface area contributed by atoms with Crippen LogP contribution in [0.5, 0.6) is 0 Å². The van der Waals surface area contributed by atoms with E-state index >= 15 is 0 Å². The van der Waals surface area contributed by atoms with Crippen LogP contribution in [-0.2, 0) is 25.2 Å². The van der Waals surface area contributed by atoms with Gasteiger partial charge in [0.2, 0.25) is 0 Å².